The minimum Gasteiger partial charge on any atom is -0.414 e. The number of nitrogens with one attached hydrogen (secondary N) is 1. The third-order valence-electron chi connectivity index (χ3n) is 3.50. The molecule has 152 valence electrons. The number of anilines is 1. The standard InChI is InChI=1S/C17H17F3N2O4S2/c1-3-7-14(23)26-15-10-21-16(27-15)22-28(24,25)13(4-2)11-8-5-6-9-12(11)17(18,19)20/h4-6,8-10,13H,2-3,7H2,1H3,(H,21,22). The summed E-state index contributed by atoms with van der Waals surface area (Å²) in [6.07, 6.45) is -1.90. The van der Waals surface area contributed by atoms with E-state index in [1.54, 1.807) is 6.92 Å². The number of hydrogen-bond donors (Lipinski definition) is 1. The van der Waals surface area contributed by atoms with E-state index in [1.165, 1.54) is 12.1 Å². The van der Waals surface area contributed by atoms with E-state index < -0.39 is 38.5 Å². The number of carbonyl (C=O) groups excluding carboxylic acids is 1. The fourth-order valence-electron chi connectivity index (χ4n) is 2.33. The van der Waals surface area contributed by atoms with Crippen LogP contribution in [0.4, 0.5) is 18.3 Å². The lowest BCUT2D eigenvalue weighted by Crippen LogP contribution is -2.22. The molecule has 1 N–H and O–H groups in total. The molecular weight excluding hydrogens is 417 g/mol. The van der Waals surface area contributed by atoms with Crippen LogP contribution in [0.5, 0.6) is 5.06 Å². The van der Waals surface area contributed by atoms with E-state index in [4.69, 9.17) is 4.74 Å². The Balaban J connectivity index is 2.28. The van der Waals surface area contributed by atoms with Crippen molar-refractivity contribution in [1.29, 1.82) is 0 Å². The summed E-state index contributed by atoms with van der Waals surface area (Å²) in [6, 6.07) is 4.36. The summed E-state index contributed by atoms with van der Waals surface area (Å²) >= 11 is 0.746. The smallest absolute Gasteiger partial charge is 0.414 e. The fourth-order valence-corrected chi connectivity index (χ4v) is 4.60. The number of ether oxygens (including phenoxy) is 1. The number of benzene rings is 1. The molecule has 0 spiro atoms. The molecule has 0 aliphatic heterocycles. The molecule has 0 saturated heterocycles. The van der Waals surface area contributed by atoms with Crippen LogP contribution < -0.4 is 9.46 Å². The second-order valence-corrected chi connectivity index (χ2v) is 8.39. The van der Waals surface area contributed by atoms with E-state index >= 15 is 0 Å². The highest BCUT2D eigenvalue weighted by Gasteiger charge is 2.38. The lowest BCUT2D eigenvalue weighted by molar-refractivity contribution is -0.138. The zero-order valence-corrected chi connectivity index (χ0v) is 16.3. The molecule has 6 nitrogen and oxygen atoms in total. The first-order chi connectivity index (χ1) is 13.1. The van der Waals surface area contributed by atoms with Gasteiger partial charge in [-0.1, -0.05) is 42.5 Å². The molecule has 0 fully saturated rings. The molecule has 0 amide bonds. The van der Waals surface area contributed by atoms with Gasteiger partial charge in [-0.25, -0.2) is 13.4 Å². The first kappa shape index (κ1) is 21.9. The van der Waals surface area contributed by atoms with Gasteiger partial charge in [0, 0.05) is 6.42 Å². The van der Waals surface area contributed by atoms with Crippen molar-refractivity contribution < 1.29 is 31.1 Å². The number of sulfonamides is 1. The highest BCUT2D eigenvalue weighted by Crippen LogP contribution is 2.38. The lowest BCUT2D eigenvalue weighted by atomic mass is 10.0. The topological polar surface area (TPSA) is 85.4 Å². The van der Waals surface area contributed by atoms with Gasteiger partial charge in [-0.15, -0.1) is 6.58 Å². The predicted molar refractivity (Wildman–Crippen MR) is 99.6 cm³/mol. The summed E-state index contributed by atoms with van der Waals surface area (Å²) in [5.41, 5.74) is -1.53. The minimum atomic E-state index is -4.73. The van der Waals surface area contributed by atoms with Crippen LogP contribution in [0.25, 0.3) is 0 Å². The van der Waals surface area contributed by atoms with Gasteiger partial charge in [0.2, 0.25) is 15.1 Å². The van der Waals surface area contributed by atoms with Gasteiger partial charge in [0.1, 0.15) is 5.25 Å². The molecule has 28 heavy (non-hydrogen) atoms. The molecule has 1 aromatic heterocycles. The van der Waals surface area contributed by atoms with Crippen LogP contribution in [0.3, 0.4) is 0 Å². The molecule has 1 unspecified atom stereocenters. The number of rotatable bonds is 8. The first-order valence-electron chi connectivity index (χ1n) is 8.05. The number of halogens is 3. The molecule has 2 aromatic rings. The van der Waals surface area contributed by atoms with Gasteiger partial charge in [0.15, 0.2) is 5.13 Å². The fraction of sp³-hybridized carbons (Fsp3) is 0.294. The molecular formula is C17H17F3N2O4S2. The van der Waals surface area contributed by atoms with Crippen molar-refractivity contribution in [1.82, 2.24) is 4.98 Å². The number of carbonyl (C=O) groups is 1. The van der Waals surface area contributed by atoms with Crippen molar-refractivity contribution in [3.8, 4) is 5.06 Å². The number of thiazole rings is 1. The molecule has 0 bridgehead atoms. The molecule has 0 saturated carbocycles. The Kier molecular flexibility index (Phi) is 6.83. The summed E-state index contributed by atoms with van der Waals surface area (Å²) in [6.45, 7) is 5.15. The van der Waals surface area contributed by atoms with Crippen molar-refractivity contribution >= 4 is 32.5 Å². The monoisotopic (exact) mass is 434 g/mol. The van der Waals surface area contributed by atoms with Gasteiger partial charge in [-0.3, -0.25) is 9.52 Å². The molecule has 1 heterocycles. The maximum absolute atomic E-state index is 13.2. The number of alkyl halides is 3. The average molecular weight is 434 g/mol. The zero-order valence-electron chi connectivity index (χ0n) is 14.7. The van der Waals surface area contributed by atoms with Crippen LogP contribution >= 0.6 is 11.3 Å². The average Bonchev–Trinajstić information content (AvgIpc) is 3.01. The van der Waals surface area contributed by atoms with E-state index in [0.717, 1.165) is 35.7 Å². The van der Waals surface area contributed by atoms with Crippen LogP contribution in [0.2, 0.25) is 0 Å². The Hall–Kier alpha value is -2.40. The summed E-state index contributed by atoms with van der Waals surface area (Å²) in [5.74, 6) is -0.497. The maximum Gasteiger partial charge on any atom is 0.416 e. The van der Waals surface area contributed by atoms with Crippen molar-refractivity contribution in [2.45, 2.75) is 31.2 Å². The number of aromatic nitrogens is 1. The Morgan fingerprint density at radius 3 is 2.68 bits per heavy atom. The molecule has 0 radical (unpaired) electrons. The van der Waals surface area contributed by atoms with E-state index in [1.807, 2.05) is 0 Å². The summed E-state index contributed by atoms with van der Waals surface area (Å²) in [5, 5.41) is -1.74. The van der Waals surface area contributed by atoms with Gasteiger partial charge in [-0.2, -0.15) is 13.2 Å². The maximum atomic E-state index is 13.2. The third-order valence-corrected chi connectivity index (χ3v) is 6.02. The molecule has 11 heteroatoms. The van der Waals surface area contributed by atoms with Gasteiger partial charge in [0.05, 0.1) is 11.8 Å². The molecule has 0 aliphatic rings. The van der Waals surface area contributed by atoms with E-state index in [-0.39, 0.29) is 16.6 Å². The Labute approximate surface area is 164 Å². The third kappa shape index (κ3) is 5.32. The second kappa shape index (κ2) is 8.74. The van der Waals surface area contributed by atoms with Gasteiger partial charge >= 0.3 is 12.1 Å². The van der Waals surface area contributed by atoms with E-state index in [2.05, 4.69) is 16.3 Å². The van der Waals surface area contributed by atoms with Crippen molar-refractivity contribution in [3.63, 3.8) is 0 Å². The predicted octanol–water partition coefficient (Wildman–Crippen LogP) is 4.54. The van der Waals surface area contributed by atoms with Crippen LogP contribution in [0.15, 0.2) is 43.1 Å². The van der Waals surface area contributed by atoms with Crippen LogP contribution in [0, 0.1) is 0 Å². The molecule has 1 atom stereocenters. The van der Waals surface area contributed by atoms with E-state index in [0.29, 0.717) is 6.42 Å². The highest BCUT2D eigenvalue weighted by atomic mass is 32.2. The van der Waals surface area contributed by atoms with Crippen molar-refractivity contribution in [3.05, 3.63) is 54.2 Å². The minimum absolute atomic E-state index is 0.0713. The summed E-state index contributed by atoms with van der Waals surface area (Å²) in [7, 11) is -4.35. The van der Waals surface area contributed by atoms with Gasteiger partial charge in [-0.05, 0) is 18.1 Å². The molecule has 1 aromatic carbocycles. The Morgan fingerprint density at radius 2 is 2.07 bits per heavy atom. The molecule has 0 aliphatic carbocycles. The van der Waals surface area contributed by atoms with E-state index in [9.17, 15) is 26.4 Å². The number of nitrogens with zero attached hydrogens (tertiary/aromatic N) is 1. The zero-order chi connectivity index (χ0) is 20.9. The number of esters is 1. The van der Waals surface area contributed by atoms with Crippen LogP contribution in [-0.2, 0) is 21.0 Å². The summed E-state index contributed by atoms with van der Waals surface area (Å²) in [4.78, 5) is 15.3. The SMILES string of the molecule is C=CC(c1ccccc1C(F)(F)F)S(=O)(=O)Nc1ncc(OC(=O)CCC)s1. The van der Waals surface area contributed by atoms with Crippen molar-refractivity contribution in [2.24, 2.45) is 0 Å². The largest absolute Gasteiger partial charge is 0.416 e. The lowest BCUT2D eigenvalue weighted by Gasteiger charge is -2.19. The van der Waals surface area contributed by atoms with Crippen LogP contribution in [-0.4, -0.2) is 19.4 Å². The van der Waals surface area contributed by atoms with Gasteiger partial charge in [0.25, 0.3) is 0 Å². The normalized spacial score (nSPS) is 13.0. The van der Waals surface area contributed by atoms with Gasteiger partial charge < -0.3 is 4.74 Å². The second-order valence-electron chi connectivity index (χ2n) is 5.60. The summed E-state index contributed by atoms with van der Waals surface area (Å²) < 4.78 is 72.1. The Morgan fingerprint density at radius 1 is 1.39 bits per heavy atom. The molecule has 2 rings (SSSR count). The number of hydrogen-bond acceptors (Lipinski definition) is 6. The first-order valence-corrected chi connectivity index (χ1v) is 10.4. The quantitative estimate of drug-likeness (QED) is 0.487. The highest BCUT2D eigenvalue weighted by molar-refractivity contribution is 7.93. The Bertz CT molecular complexity index is 955. The van der Waals surface area contributed by atoms with Crippen molar-refractivity contribution in [2.75, 3.05) is 4.72 Å². The van der Waals surface area contributed by atoms with Crippen LogP contribution in [0.1, 0.15) is 36.1 Å².